The summed E-state index contributed by atoms with van der Waals surface area (Å²) in [4.78, 5) is 35.8. The average molecular weight is 395 g/mol. The Kier molecular flexibility index (Phi) is 7.00. The molecule has 0 aliphatic carbocycles. The molecule has 136 valence electrons. The minimum absolute atomic E-state index is 0.353. The van der Waals surface area contributed by atoms with Crippen LogP contribution in [-0.4, -0.2) is 30.4 Å². The van der Waals surface area contributed by atoms with Crippen molar-refractivity contribution in [1.82, 2.24) is 5.32 Å². The van der Waals surface area contributed by atoms with Crippen molar-refractivity contribution in [2.75, 3.05) is 11.9 Å². The molecule has 0 fully saturated rings. The van der Waals surface area contributed by atoms with E-state index in [2.05, 4.69) is 10.6 Å². The number of esters is 1. The maximum atomic E-state index is 12.0. The molecule has 2 aromatic rings. The van der Waals surface area contributed by atoms with Gasteiger partial charge in [-0.2, -0.15) is 0 Å². The van der Waals surface area contributed by atoms with Crippen LogP contribution in [0.2, 0.25) is 10.0 Å². The van der Waals surface area contributed by atoms with Crippen molar-refractivity contribution in [2.24, 2.45) is 0 Å². The van der Waals surface area contributed by atoms with Crippen molar-refractivity contribution < 1.29 is 19.1 Å². The minimum atomic E-state index is -1.05. The second-order valence-corrected chi connectivity index (χ2v) is 6.13. The second-order valence-electron chi connectivity index (χ2n) is 5.29. The molecule has 2 amide bonds. The van der Waals surface area contributed by atoms with E-state index >= 15 is 0 Å². The summed E-state index contributed by atoms with van der Waals surface area (Å²) in [6, 6.07) is 12.9. The number of nitrogens with one attached hydrogen (secondary N) is 2. The van der Waals surface area contributed by atoms with Gasteiger partial charge in [-0.3, -0.25) is 14.4 Å². The van der Waals surface area contributed by atoms with E-state index in [0.29, 0.717) is 21.3 Å². The predicted molar refractivity (Wildman–Crippen MR) is 99.4 cm³/mol. The molecule has 2 N–H and O–H groups in total. The van der Waals surface area contributed by atoms with Gasteiger partial charge in [0.05, 0.1) is 10.7 Å². The first-order valence-electron chi connectivity index (χ1n) is 7.65. The molecule has 0 bridgehead atoms. The van der Waals surface area contributed by atoms with Gasteiger partial charge in [-0.05, 0) is 43.3 Å². The van der Waals surface area contributed by atoms with Crippen LogP contribution in [0.25, 0.3) is 0 Å². The summed E-state index contributed by atoms with van der Waals surface area (Å²) in [5, 5.41) is 5.84. The molecule has 8 heteroatoms. The van der Waals surface area contributed by atoms with Crippen molar-refractivity contribution in [3.63, 3.8) is 0 Å². The fourth-order valence-electron chi connectivity index (χ4n) is 1.95. The number of hydrogen-bond donors (Lipinski definition) is 2. The third-order valence-corrected chi connectivity index (χ3v) is 3.89. The zero-order chi connectivity index (χ0) is 19.1. The van der Waals surface area contributed by atoms with Gasteiger partial charge in [-0.1, -0.05) is 35.3 Å². The molecule has 0 aliphatic rings. The maximum Gasteiger partial charge on any atom is 0.326 e. The van der Waals surface area contributed by atoms with Gasteiger partial charge >= 0.3 is 5.97 Å². The lowest BCUT2D eigenvalue weighted by Crippen LogP contribution is -2.35. The number of amides is 2. The molecule has 2 rings (SSSR count). The molecule has 0 heterocycles. The summed E-state index contributed by atoms with van der Waals surface area (Å²) in [5.41, 5.74) is 0.768. The van der Waals surface area contributed by atoms with Crippen LogP contribution in [-0.2, 0) is 14.3 Å². The molecular weight excluding hydrogens is 379 g/mol. The van der Waals surface area contributed by atoms with Gasteiger partial charge in [0.2, 0.25) is 0 Å². The summed E-state index contributed by atoms with van der Waals surface area (Å²) < 4.78 is 5.00. The highest BCUT2D eigenvalue weighted by molar-refractivity contribution is 6.33. The minimum Gasteiger partial charge on any atom is -0.451 e. The number of hydrogen-bond acceptors (Lipinski definition) is 4. The normalized spacial score (nSPS) is 11.3. The smallest absolute Gasteiger partial charge is 0.326 e. The van der Waals surface area contributed by atoms with Crippen LogP contribution in [0.5, 0.6) is 0 Å². The average Bonchev–Trinajstić information content (AvgIpc) is 2.62. The van der Waals surface area contributed by atoms with Crippen LogP contribution in [0.15, 0.2) is 48.5 Å². The van der Waals surface area contributed by atoms with E-state index in [-0.39, 0.29) is 6.54 Å². The number of rotatable bonds is 6. The van der Waals surface area contributed by atoms with Crippen molar-refractivity contribution in [3.8, 4) is 0 Å². The SMILES string of the molecule is CC(OC(=O)CNC(=O)c1ccc(Cl)cc1)C(=O)Nc1ccccc1Cl. The number of benzene rings is 2. The van der Waals surface area contributed by atoms with Gasteiger partial charge in [0.25, 0.3) is 11.8 Å². The third kappa shape index (κ3) is 5.75. The third-order valence-electron chi connectivity index (χ3n) is 3.31. The highest BCUT2D eigenvalue weighted by Gasteiger charge is 2.19. The molecule has 1 atom stereocenters. The zero-order valence-electron chi connectivity index (χ0n) is 13.8. The summed E-state index contributed by atoms with van der Waals surface area (Å²) >= 11 is 11.7. The van der Waals surface area contributed by atoms with Crippen molar-refractivity contribution in [1.29, 1.82) is 0 Å². The molecule has 1 unspecified atom stereocenters. The van der Waals surface area contributed by atoms with E-state index in [4.69, 9.17) is 27.9 Å². The molecule has 0 radical (unpaired) electrons. The van der Waals surface area contributed by atoms with Crippen LogP contribution >= 0.6 is 23.2 Å². The Morgan fingerprint density at radius 2 is 1.69 bits per heavy atom. The van der Waals surface area contributed by atoms with Gasteiger partial charge in [0, 0.05) is 10.6 Å². The zero-order valence-corrected chi connectivity index (χ0v) is 15.3. The van der Waals surface area contributed by atoms with Gasteiger partial charge in [0.1, 0.15) is 6.54 Å². The lowest BCUT2D eigenvalue weighted by Gasteiger charge is -2.14. The number of anilines is 1. The van der Waals surface area contributed by atoms with E-state index in [1.54, 1.807) is 36.4 Å². The quantitative estimate of drug-likeness (QED) is 0.736. The van der Waals surface area contributed by atoms with E-state index in [9.17, 15) is 14.4 Å². The Hall–Kier alpha value is -2.57. The highest BCUT2D eigenvalue weighted by Crippen LogP contribution is 2.20. The monoisotopic (exact) mass is 394 g/mol. The maximum absolute atomic E-state index is 12.0. The lowest BCUT2D eigenvalue weighted by atomic mass is 10.2. The van der Waals surface area contributed by atoms with Crippen LogP contribution in [0.4, 0.5) is 5.69 Å². The predicted octanol–water partition coefficient (Wildman–Crippen LogP) is 3.29. The molecule has 26 heavy (non-hydrogen) atoms. The van der Waals surface area contributed by atoms with E-state index in [1.165, 1.54) is 19.1 Å². The van der Waals surface area contributed by atoms with Crippen LogP contribution in [0.1, 0.15) is 17.3 Å². The first-order valence-corrected chi connectivity index (χ1v) is 8.41. The number of halogens is 2. The Bertz CT molecular complexity index is 809. The van der Waals surface area contributed by atoms with E-state index in [1.807, 2.05) is 0 Å². The topological polar surface area (TPSA) is 84.5 Å². The summed E-state index contributed by atoms with van der Waals surface area (Å²) in [5.74, 6) is -1.73. The molecule has 6 nitrogen and oxygen atoms in total. The second kappa shape index (κ2) is 9.22. The number of ether oxygens (including phenoxy) is 1. The molecule has 0 aliphatic heterocycles. The summed E-state index contributed by atoms with van der Waals surface area (Å²) in [7, 11) is 0. The summed E-state index contributed by atoms with van der Waals surface area (Å²) in [6.45, 7) is 1.05. The van der Waals surface area contributed by atoms with E-state index < -0.39 is 23.9 Å². The molecule has 0 spiro atoms. The Labute approximate surface area is 160 Å². The Balaban J connectivity index is 1.81. The molecule has 2 aromatic carbocycles. The first-order chi connectivity index (χ1) is 12.4. The molecular formula is C18H16Cl2N2O4. The fourth-order valence-corrected chi connectivity index (χ4v) is 2.25. The number of para-hydroxylation sites is 1. The van der Waals surface area contributed by atoms with E-state index in [0.717, 1.165) is 0 Å². The van der Waals surface area contributed by atoms with Gasteiger partial charge in [-0.25, -0.2) is 0 Å². The molecule has 0 saturated carbocycles. The van der Waals surface area contributed by atoms with Crippen molar-refractivity contribution >= 4 is 46.7 Å². The lowest BCUT2D eigenvalue weighted by molar-refractivity contribution is -0.152. The summed E-state index contributed by atoms with van der Waals surface area (Å²) in [6.07, 6.45) is -1.05. The fraction of sp³-hybridized carbons (Fsp3) is 0.167. The standard InChI is InChI=1S/C18H16Cl2N2O4/c1-11(17(24)22-15-5-3-2-4-14(15)20)26-16(23)10-21-18(25)12-6-8-13(19)9-7-12/h2-9,11H,10H2,1H3,(H,21,25)(H,22,24). The number of carbonyl (C=O) groups excluding carboxylic acids is 3. The van der Waals surface area contributed by atoms with Crippen LogP contribution in [0, 0.1) is 0 Å². The van der Waals surface area contributed by atoms with Gasteiger partial charge < -0.3 is 15.4 Å². The molecule has 0 aromatic heterocycles. The molecule has 0 saturated heterocycles. The Morgan fingerprint density at radius 3 is 2.35 bits per heavy atom. The van der Waals surface area contributed by atoms with Gasteiger partial charge in [0.15, 0.2) is 6.10 Å². The first kappa shape index (κ1) is 19.8. The Morgan fingerprint density at radius 1 is 1.04 bits per heavy atom. The highest BCUT2D eigenvalue weighted by atomic mass is 35.5. The largest absolute Gasteiger partial charge is 0.451 e. The van der Waals surface area contributed by atoms with Crippen LogP contribution in [0.3, 0.4) is 0 Å². The van der Waals surface area contributed by atoms with Crippen molar-refractivity contribution in [2.45, 2.75) is 13.0 Å². The number of carbonyl (C=O) groups is 3. The van der Waals surface area contributed by atoms with Crippen molar-refractivity contribution in [3.05, 3.63) is 64.1 Å². The van der Waals surface area contributed by atoms with Crippen LogP contribution < -0.4 is 10.6 Å². The van der Waals surface area contributed by atoms with Gasteiger partial charge in [-0.15, -0.1) is 0 Å².